The van der Waals surface area contributed by atoms with Crippen LogP contribution in [0.2, 0.25) is 0 Å². The predicted molar refractivity (Wildman–Crippen MR) is 70.1 cm³/mol. The van der Waals surface area contributed by atoms with Gasteiger partial charge in [0, 0.05) is 12.2 Å². The molecule has 100 valence electrons. The molecule has 2 aliphatic rings. The highest BCUT2D eigenvalue weighted by Gasteiger charge is 2.26. The Kier molecular flexibility index (Phi) is 3.66. The highest BCUT2D eigenvalue weighted by molar-refractivity contribution is 4.99. The van der Waals surface area contributed by atoms with Gasteiger partial charge in [-0.05, 0) is 31.7 Å². The van der Waals surface area contributed by atoms with Gasteiger partial charge in [0.05, 0.1) is 24.4 Å². The maximum atomic E-state index is 5.78. The van der Waals surface area contributed by atoms with Crippen LogP contribution in [0.3, 0.4) is 0 Å². The van der Waals surface area contributed by atoms with E-state index in [9.17, 15) is 0 Å². The summed E-state index contributed by atoms with van der Waals surface area (Å²) in [5.41, 5.74) is 6.80. The smallest absolute Gasteiger partial charge is 0.0910 e. The number of nitrogens with two attached hydrogens (primary N) is 1. The van der Waals surface area contributed by atoms with Crippen LogP contribution in [0.25, 0.3) is 0 Å². The van der Waals surface area contributed by atoms with Gasteiger partial charge in [0.1, 0.15) is 0 Å². The summed E-state index contributed by atoms with van der Waals surface area (Å²) in [7, 11) is 0. The monoisotopic (exact) mass is 249 g/mol. The summed E-state index contributed by atoms with van der Waals surface area (Å²) in [5, 5.41) is 4.64. The molecule has 0 bridgehead atoms. The van der Waals surface area contributed by atoms with E-state index in [1.807, 2.05) is 0 Å². The van der Waals surface area contributed by atoms with Crippen LogP contribution >= 0.6 is 0 Å². The van der Waals surface area contributed by atoms with Crippen molar-refractivity contribution >= 4 is 0 Å². The van der Waals surface area contributed by atoms with Crippen LogP contribution in [0, 0.1) is 0 Å². The first-order chi connectivity index (χ1) is 8.81. The second-order valence-electron chi connectivity index (χ2n) is 5.74. The van der Waals surface area contributed by atoms with E-state index in [1.54, 1.807) is 0 Å². The average Bonchev–Trinajstić information content (AvgIpc) is 2.83. The van der Waals surface area contributed by atoms with Gasteiger partial charge in [0.25, 0.3) is 0 Å². The maximum Gasteiger partial charge on any atom is 0.0910 e. The van der Waals surface area contributed by atoms with Crippen molar-refractivity contribution in [2.75, 3.05) is 0 Å². The van der Waals surface area contributed by atoms with Gasteiger partial charge in [0.15, 0.2) is 0 Å². The molecule has 2 N–H and O–H groups in total. The standard InChI is InChI=1S/C14H23N3O/c15-11-8-14(9-11)18-10-12-6-7-17(16-12)13-4-2-1-3-5-13/h6-7,11,13-14H,1-5,8-10,15H2. The fourth-order valence-electron chi connectivity index (χ4n) is 2.95. The highest BCUT2D eigenvalue weighted by atomic mass is 16.5. The average molecular weight is 249 g/mol. The van der Waals surface area contributed by atoms with E-state index in [0.29, 0.717) is 24.8 Å². The maximum absolute atomic E-state index is 5.78. The topological polar surface area (TPSA) is 53.1 Å². The Morgan fingerprint density at radius 1 is 1.28 bits per heavy atom. The Hall–Kier alpha value is -0.870. The number of nitrogens with zero attached hydrogens (tertiary/aromatic N) is 2. The zero-order valence-corrected chi connectivity index (χ0v) is 10.9. The van der Waals surface area contributed by atoms with Gasteiger partial charge in [-0.25, -0.2) is 0 Å². The first kappa shape index (κ1) is 12.2. The van der Waals surface area contributed by atoms with E-state index in [-0.39, 0.29) is 0 Å². The predicted octanol–water partition coefficient (Wildman–Crippen LogP) is 2.39. The number of hydrogen-bond donors (Lipinski definition) is 1. The van der Waals surface area contributed by atoms with E-state index in [2.05, 4.69) is 22.0 Å². The number of aromatic nitrogens is 2. The molecule has 2 saturated carbocycles. The Balaban J connectivity index is 1.49. The number of ether oxygens (including phenoxy) is 1. The summed E-state index contributed by atoms with van der Waals surface area (Å²) < 4.78 is 7.92. The van der Waals surface area contributed by atoms with Crippen molar-refractivity contribution < 1.29 is 4.74 Å². The molecule has 0 spiro atoms. The van der Waals surface area contributed by atoms with Gasteiger partial charge >= 0.3 is 0 Å². The largest absolute Gasteiger partial charge is 0.372 e. The summed E-state index contributed by atoms with van der Waals surface area (Å²) in [6.45, 7) is 0.636. The zero-order valence-electron chi connectivity index (χ0n) is 10.9. The van der Waals surface area contributed by atoms with E-state index in [4.69, 9.17) is 10.5 Å². The minimum atomic E-state index is 0.356. The summed E-state index contributed by atoms with van der Waals surface area (Å²) in [6.07, 6.45) is 11.1. The molecule has 0 saturated heterocycles. The molecular weight excluding hydrogens is 226 g/mol. The molecule has 2 aliphatic carbocycles. The second kappa shape index (κ2) is 5.41. The van der Waals surface area contributed by atoms with Crippen LogP contribution in [-0.2, 0) is 11.3 Å². The molecule has 0 atom stereocenters. The Labute approximate surface area is 108 Å². The minimum Gasteiger partial charge on any atom is -0.372 e. The second-order valence-corrected chi connectivity index (χ2v) is 5.74. The van der Waals surface area contributed by atoms with Crippen LogP contribution in [-0.4, -0.2) is 21.9 Å². The molecule has 0 amide bonds. The third kappa shape index (κ3) is 2.75. The Bertz CT molecular complexity index is 378. The lowest BCUT2D eigenvalue weighted by Crippen LogP contribution is -2.41. The van der Waals surface area contributed by atoms with Crippen molar-refractivity contribution in [3.8, 4) is 0 Å². The molecule has 18 heavy (non-hydrogen) atoms. The molecule has 0 radical (unpaired) electrons. The molecule has 4 heteroatoms. The molecule has 4 nitrogen and oxygen atoms in total. The first-order valence-electron chi connectivity index (χ1n) is 7.22. The third-order valence-electron chi connectivity index (χ3n) is 4.21. The Morgan fingerprint density at radius 2 is 2.06 bits per heavy atom. The third-order valence-corrected chi connectivity index (χ3v) is 4.21. The summed E-state index contributed by atoms with van der Waals surface area (Å²) in [4.78, 5) is 0. The fraction of sp³-hybridized carbons (Fsp3) is 0.786. The summed E-state index contributed by atoms with van der Waals surface area (Å²) in [5.74, 6) is 0. The fourth-order valence-corrected chi connectivity index (χ4v) is 2.95. The molecule has 2 fully saturated rings. The molecule has 0 aliphatic heterocycles. The van der Waals surface area contributed by atoms with Crippen molar-refractivity contribution in [2.24, 2.45) is 5.73 Å². The summed E-state index contributed by atoms with van der Waals surface area (Å²) in [6, 6.07) is 3.06. The Morgan fingerprint density at radius 3 is 2.78 bits per heavy atom. The molecule has 1 aromatic rings. The molecule has 3 rings (SSSR count). The van der Waals surface area contributed by atoms with Crippen molar-refractivity contribution in [3.05, 3.63) is 18.0 Å². The van der Waals surface area contributed by atoms with Crippen molar-refractivity contribution in [2.45, 2.75) is 69.7 Å². The SMILES string of the molecule is NC1CC(OCc2ccn(C3CCCCC3)n2)C1. The normalized spacial score (nSPS) is 29.2. The molecule has 0 aromatic carbocycles. The van der Waals surface area contributed by atoms with Crippen molar-refractivity contribution in [1.29, 1.82) is 0 Å². The van der Waals surface area contributed by atoms with Gasteiger partial charge in [-0.3, -0.25) is 4.68 Å². The first-order valence-corrected chi connectivity index (χ1v) is 7.22. The lowest BCUT2D eigenvalue weighted by atomic mass is 9.90. The van der Waals surface area contributed by atoms with Crippen molar-refractivity contribution in [3.63, 3.8) is 0 Å². The quantitative estimate of drug-likeness (QED) is 0.891. The lowest BCUT2D eigenvalue weighted by Gasteiger charge is -2.31. The van der Waals surface area contributed by atoms with Gasteiger partial charge < -0.3 is 10.5 Å². The zero-order chi connectivity index (χ0) is 12.4. The number of rotatable bonds is 4. The van der Waals surface area contributed by atoms with Crippen LogP contribution in [0.4, 0.5) is 0 Å². The van der Waals surface area contributed by atoms with Crippen LogP contribution in [0.15, 0.2) is 12.3 Å². The van der Waals surface area contributed by atoms with Crippen LogP contribution in [0.5, 0.6) is 0 Å². The van der Waals surface area contributed by atoms with E-state index >= 15 is 0 Å². The van der Waals surface area contributed by atoms with Crippen molar-refractivity contribution in [1.82, 2.24) is 9.78 Å². The van der Waals surface area contributed by atoms with E-state index < -0.39 is 0 Å². The van der Waals surface area contributed by atoms with Gasteiger partial charge in [-0.15, -0.1) is 0 Å². The van der Waals surface area contributed by atoms with E-state index in [1.165, 1.54) is 32.1 Å². The molecule has 1 heterocycles. The van der Waals surface area contributed by atoms with E-state index in [0.717, 1.165) is 18.5 Å². The summed E-state index contributed by atoms with van der Waals surface area (Å²) >= 11 is 0. The molecule has 0 unspecified atom stereocenters. The van der Waals surface area contributed by atoms with Gasteiger partial charge in [-0.2, -0.15) is 5.10 Å². The molecule has 1 aromatic heterocycles. The highest BCUT2D eigenvalue weighted by Crippen LogP contribution is 2.27. The minimum absolute atomic E-state index is 0.356. The van der Waals surface area contributed by atoms with Crippen LogP contribution in [0.1, 0.15) is 56.7 Å². The molecular formula is C14H23N3O. The van der Waals surface area contributed by atoms with Crippen LogP contribution < -0.4 is 5.73 Å². The lowest BCUT2D eigenvalue weighted by molar-refractivity contribution is -0.0204. The van der Waals surface area contributed by atoms with Gasteiger partial charge in [0.2, 0.25) is 0 Å². The number of hydrogen-bond acceptors (Lipinski definition) is 3. The van der Waals surface area contributed by atoms with Gasteiger partial charge in [-0.1, -0.05) is 19.3 Å².